The average Bonchev–Trinajstić information content (AvgIpc) is 2.52. The number of aromatic hydroxyl groups is 1. The van der Waals surface area contributed by atoms with Gasteiger partial charge in [-0.3, -0.25) is 19.3 Å². The highest BCUT2D eigenvalue weighted by Crippen LogP contribution is 2.21. The van der Waals surface area contributed by atoms with Crippen LogP contribution in [0.25, 0.3) is 0 Å². The Morgan fingerprint density at radius 1 is 1.50 bits per heavy atom. The fourth-order valence-electron chi connectivity index (χ4n) is 2.01. The minimum absolute atomic E-state index is 0.0682. The van der Waals surface area contributed by atoms with Gasteiger partial charge in [0.15, 0.2) is 4.77 Å². The van der Waals surface area contributed by atoms with Crippen LogP contribution >= 0.6 is 12.2 Å². The van der Waals surface area contributed by atoms with Crippen LogP contribution in [0.15, 0.2) is 40.6 Å². The molecule has 0 aliphatic rings. The molecule has 0 atom stereocenters. The molecule has 0 aliphatic heterocycles. The van der Waals surface area contributed by atoms with Crippen molar-refractivity contribution in [3.05, 3.63) is 62.7 Å². The lowest BCUT2D eigenvalue weighted by Crippen LogP contribution is -2.18. The van der Waals surface area contributed by atoms with E-state index in [-0.39, 0.29) is 28.3 Å². The van der Waals surface area contributed by atoms with Gasteiger partial charge in [0.05, 0.1) is 11.3 Å². The summed E-state index contributed by atoms with van der Waals surface area (Å²) >= 11 is 4.99. The number of aliphatic imine (C=N–C) groups is 1. The number of nitrogens with one attached hydrogen (secondary N) is 1. The zero-order valence-electron chi connectivity index (χ0n) is 12.8. The third-order valence-electron chi connectivity index (χ3n) is 3.31. The van der Waals surface area contributed by atoms with Crippen molar-refractivity contribution in [2.45, 2.75) is 13.5 Å². The molecule has 8 heteroatoms. The number of benzene rings is 1. The number of aromatic nitrogens is 2. The molecule has 0 saturated heterocycles. The number of aromatic carboxylic acids is 1. The summed E-state index contributed by atoms with van der Waals surface area (Å²) in [4.78, 5) is 29.6. The molecule has 0 fully saturated rings. The van der Waals surface area contributed by atoms with Crippen LogP contribution < -0.4 is 5.56 Å². The second kappa shape index (κ2) is 7.05. The molecule has 2 aromatic rings. The van der Waals surface area contributed by atoms with E-state index >= 15 is 0 Å². The summed E-state index contributed by atoms with van der Waals surface area (Å²) in [6, 6.07) is 4.47. The highest BCUT2D eigenvalue weighted by molar-refractivity contribution is 7.71. The van der Waals surface area contributed by atoms with E-state index in [0.29, 0.717) is 5.69 Å². The molecule has 0 spiro atoms. The highest BCUT2D eigenvalue weighted by atomic mass is 32.1. The average molecular weight is 345 g/mol. The minimum atomic E-state index is -1.08. The first-order valence-electron chi connectivity index (χ1n) is 6.90. The van der Waals surface area contributed by atoms with Crippen molar-refractivity contribution < 1.29 is 15.0 Å². The Balaban J connectivity index is 2.54. The van der Waals surface area contributed by atoms with Crippen molar-refractivity contribution in [3.63, 3.8) is 0 Å². The third kappa shape index (κ3) is 3.49. The smallest absolute Gasteiger partial charge is 0.335 e. The molecule has 1 aromatic heterocycles. The van der Waals surface area contributed by atoms with Crippen molar-refractivity contribution in [1.29, 1.82) is 0 Å². The SMILES string of the molecule is C=CCn1c(O)c(C=Nc2cc(C(=O)O)ccc2C)c(=O)[nH]c1=S. The van der Waals surface area contributed by atoms with Gasteiger partial charge in [-0.1, -0.05) is 12.1 Å². The molecule has 1 heterocycles. The molecule has 0 saturated carbocycles. The van der Waals surface area contributed by atoms with Gasteiger partial charge < -0.3 is 10.2 Å². The molecule has 24 heavy (non-hydrogen) atoms. The third-order valence-corrected chi connectivity index (χ3v) is 3.63. The molecule has 3 N–H and O–H groups in total. The van der Waals surface area contributed by atoms with E-state index in [1.54, 1.807) is 13.0 Å². The molecular weight excluding hydrogens is 330 g/mol. The van der Waals surface area contributed by atoms with E-state index in [2.05, 4.69) is 16.6 Å². The molecule has 0 bridgehead atoms. The quantitative estimate of drug-likeness (QED) is 0.438. The van der Waals surface area contributed by atoms with Gasteiger partial charge in [0, 0.05) is 12.8 Å². The summed E-state index contributed by atoms with van der Waals surface area (Å²) < 4.78 is 1.37. The Bertz CT molecular complexity index is 957. The van der Waals surface area contributed by atoms with Gasteiger partial charge in [-0.2, -0.15) is 0 Å². The van der Waals surface area contributed by atoms with Crippen molar-refractivity contribution in [2.24, 2.45) is 4.99 Å². The molecule has 0 unspecified atom stereocenters. The standard InChI is InChI=1S/C16H15N3O4S/c1-3-6-19-14(21)11(13(20)18-16(19)24)8-17-12-7-10(15(22)23)5-4-9(12)2/h3-5,7-8,21H,1,6H2,2H3,(H,22,23)(H,18,20,24). The number of hydrogen-bond donors (Lipinski definition) is 3. The van der Waals surface area contributed by atoms with Crippen LogP contribution in [0.5, 0.6) is 5.88 Å². The van der Waals surface area contributed by atoms with Crippen LogP contribution in [0.4, 0.5) is 5.69 Å². The fraction of sp³-hybridized carbons (Fsp3) is 0.125. The van der Waals surface area contributed by atoms with Crippen LogP contribution in [-0.4, -0.2) is 31.9 Å². The first-order chi connectivity index (χ1) is 11.3. The van der Waals surface area contributed by atoms with Gasteiger partial charge in [0.2, 0.25) is 5.88 Å². The van der Waals surface area contributed by atoms with E-state index in [1.807, 2.05) is 0 Å². The Kier molecular flexibility index (Phi) is 5.10. The number of hydrogen-bond acceptors (Lipinski definition) is 5. The molecule has 0 radical (unpaired) electrons. The topological polar surface area (TPSA) is 108 Å². The largest absolute Gasteiger partial charge is 0.494 e. The van der Waals surface area contributed by atoms with Gasteiger partial charge in [0.1, 0.15) is 5.56 Å². The predicted molar refractivity (Wildman–Crippen MR) is 93.1 cm³/mol. The Morgan fingerprint density at radius 3 is 2.83 bits per heavy atom. The number of rotatable bonds is 5. The van der Waals surface area contributed by atoms with E-state index in [4.69, 9.17) is 17.3 Å². The number of carboxylic acids is 1. The van der Waals surface area contributed by atoms with Crippen LogP contribution in [0.1, 0.15) is 21.5 Å². The first-order valence-corrected chi connectivity index (χ1v) is 7.31. The lowest BCUT2D eigenvalue weighted by molar-refractivity contribution is 0.0697. The summed E-state index contributed by atoms with van der Waals surface area (Å²) in [5, 5.41) is 19.2. The van der Waals surface area contributed by atoms with E-state index in [9.17, 15) is 14.7 Å². The molecule has 124 valence electrons. The van der Waals surface area contributed by atoms with Crippen molar-refractivity contribution in [1.82, 2.24) is 9.55 Å². The molecule has 1 aromatic carbocycles. The summed E-state index contributed by atoms with van der Waals surface area (Å²) in [7, 11) is 0. The van der Waals surface area contributed by atoms with E-state index in [1.165, 1.54) is 29.0 Å². The zero-order valence-corrected chi connectivity index (χ0v) is 13.6. The highest BCUT2D eigenvalue weighted by Gasteiger charge is 2.11. The second-order valence-electron chi connectivity index (χ2n) is 4.96. The Morgan fingerprint density at radius 2 is 2.21 bits per heavy atom. The molecule has 0 amide bonds. The van der Waals surface area contributed by atoms with Crippen LogP contribution in [0, 0.1) is 11.7 Å². The molecule has 2 rings (SSSR count). The minimum Gasteiger partial charge on any atom is -0.494 e. The first kappa shape index (κ1) is 17.4. The lowest BCUT2D eigenvalue weighted by Gasteiger charge is -2.08. The van der Waals surface area contributed by atoms with Gasteiger partial charge in [-0.05, 0) is 36.8 Å². The maximum atomic E-state index is 12.0. The number of carbonyl (C=O) groups is 1. The predicted octanol–water partition coefficient (Wildman–Crippen LogP) is 2.55. The Hall–Kier alpha value is -3.00. The maximum absolute atomic E-state index is 12.0. The zero-order chi connectivity index (χ0) is 17.9. The second-order valence-corrected chi connectivity index (χ2v) is 5.35. The van der Waals surface area contributed by atoms with Crippen LogP contribution in [0.3, 0.4) is 0 Å². The van der Waals surface area contributed by atoms with Crippen molar-refractivity contribution >= 4 is 30.1 Å². The van der Waals surface area contributed by atoms with Gasteiger partial charge >= 0.3 is 5.97 Å². The number of allylic oxidation sites excluding steroid dienone is 1. The lowest BCUT2D eigenvalue weighted by atomic mass is 10.1. The number of H-pyrrole nitrogens is 1. The van der Waals surface area contributed by atoms with Crippen LogP contribution in [0.2, 0.25) is 0 Å². The monoisotopic (exact) mass is 345 g/mol. The number of carboxylic acid groups (broad SMARTS) is 1. The normalized spacial score (nSPS) is 10.9. The molecular formula is C16H15N3O4S. The maximum Gasteiger partial charge on any atom is 0.335 e. The molecule has 7 nitrogen and oxygen atoms in total. The summed E-state index contributed by atoms with van der Waals surface area (Å²) in [6.45, 7) is 5.54. The number of nitrogens with zero attached hydrogens (tertiary/aromatic N) is 2. The van der Waals surface area contributed by atoms with Crippen molar-refractivity contribution in [2.75, 3.05) is 0 Å². The van der Waals surface area contributed by atoms with E-state index in [0.717, 1.165) is 5.56 Å². The summed E-state index contributed by atoms with van der Waals surface area (Å²) in [5.41, 5.74) is 0.519. The summed E-state index contributed by atoms with van der Waals surface area (Å²) in [5.74, 6) is -1.41. The van der Waals surface area contributed by atoms with Gasteiger partial charge in [-0.25, -0.2) is 4.79 Å². The fourth-order valence-corrected chi connectivity index (χ4v) is 2.26. The van der Waals surface area contributed by atoms with Gasteiger partial charge in [-0.15, -0.1) is 6.58 Å². The van der Waals surface area contributed by atoms with Crippen LogP contribution in [-0.2, 0) is 6.54 Å². The van der Waals surface area contributed by atoms with Crippen molar-refractivity contribution in [3.8, 4) is 5.88 Å². The number of aryl methyl sites for hydroxylation is 1. The number of aromatic amines is 1. The summed E-state index contributed by atoms with van der Waals surface area (Å²) in [6.07, 6.45) is 2.70. The van der Waals surface area contributed by atoms with E-state index < -0.39 is 11.5 Å². The van der Waals surface area contributed by atoms with Gasteiger partial charge in [0.25, 0.3) is 5.56 Å². The molecule has 0 aliphatic carbocycles. The Labute approximate surface area is 142 Å².